The fourth-order valence-corrected chi connectivity index (χ4v) is 1.56. The summed E-state index contributed by atoms with van der Waals surface area (Å²) >= 11 is 0. The zero-order valence-electron chi connectivity index (χ0n) is 9.74. The first-order valence-corrected chi connectivity index (χ1v) is 5.77. The number of carbonyl (C=O) groups excluding carboxylic acids is 1. The predicted molar refractivity (Wildman–Crippen MR) is 62.9 cm³/mol. The Morgan fingerprint density at radius 1 is 1.62 bits per heavy atom. The maximum Gasteiger partial charge on any atom is 0.221 e. The van der Waals surface area contributed by atoms with Gasteiger partial charge < -0.3 is 15.5 Å². The van der Waals surface area contributed by atoms with E-state index in [1.165, 1.54) is 0 Å². The van der Waals surface area contributed by atoms with Gasteiger partial charge in [0.05, 0.1) is 6.26 Å². The smallest absolute Gasteiger partial charge is 0.221 e. The highest BCUT2D eigenvalue weighted by atomic mass is 16.3. The van der Waals surface area contributed by atoms with Crippen LogP contribution in [0.2, 0.25) is 0 Å². The standard InChI is InChI=1S/C12H20N2O2/c1-2-4-10(13)9-12(15)14-7-6-11-5-3-8-16-11/h3,5,8,10H,2,4,6-7,9,13H2,1H3,(H,14,15). The predicted octanol–water partition coefficient (Wildman–Crippen LogP) is 1.46. The second kappa shape index (κ2) is 7.06. The van der Waals surface area contributed by atoms with Crippen molar-refractivity contribution in [3.63, 3.8) is 0 Å². The number of amides is 1. The minimum absolute atomic E-state index is 0.0198. The summed E-state index contributed by atoms with van der Waals surface area (Å²) in [4.78, 5) is 11.4. The Bertz CT molecular complexity index is 296. The fraction of sp³-hybridized carbons (Fsp3) is 0.583. The molecule has 1 unspecified atom stereocenters. The van der Waals surface area contributed by atoms with E-state index in [0.29, 0.717) is 13.0 Å². The van der Waals surface area contributed by atoms with E-state index in [0.717, 1.165) is 25.0 Å². The van der Waals surface area contributed by atoms with Crippen molar-refractivity contribution in [1.29, 1.82) is 0 Å². The van der Waals surface area contributed by atoms with E-state index in [-0.39, 0.29) is 11.9 Å². The SMILES string of the molecule is CCCC(N)CC(=O)NCCc1ccco1. The molecule has 0 bridgehead atoms. The van der Waals surface area contributed by atoms with E-state index in [2.05, 4.69) is 12.2 Å². The lowest BCUT2D eigenvalue weighted by Gasteiger charge is -2.09. The molecule has 0 aromatic carbocycles. The normalized spacial score (nSPS) is 12.4. The highest BCUT2D eigenvalue weighted by Gasteiger charge is 2.07. The van der Waals surface area contributed by atoms with Crippen LogP contribution >= 0.6 is 0 Å². The van der Waals surface area contributed by atoms with Crippen molar-refractivity contribution in [2.24, 2.45) is 5.73 Å². The van der Waals surface area contributed by atoms with Crippen LogP contribution in [-0.2, 0) is 11.2 Å². The Morgan fingerprint density at radius 2 is 2.44 bits per heavy atom. The van der Waals surface area contributed by atoms with E-state index < -0.39 is 0 Å². The minimum atomic E-state index is -0.0198. The molecule has 0 aliphatic rings. The first-order valence-electron chi connectivity index (χ1n) is 5.77. The summed E-state index contributed by atoms with van der Waals surface area (Å²) in [5, 5.41) is 2.83. The van der Waals surface area contributed by atoms with Crippen molar-refractivity contribution in [3.05, 3.63) is 24.2 Å². The molecule has 0 aliphatic carbocycles. The summed E-state index contributed by atoms with van der Waals surface area (Å²) in [6.07, 6.45) is 4.68. The summed E-state index contributed by atoms with van der Waals surface area (Å²) < 4.78 is 5.16. The summed E-state index contributed by atoms with van der Waals surface area (Å²) in [6, 6.07) is 3.72. The Hall–Kier alpha value is -1.29. The average Bonchev–Trinajstić information content (AvgIpc) is 2.70. The third-order valence-electron chi connectivity index (χ3n) is 2.38. The molecule has 4 heteroatoms. The van der Waals surface area contributed by atoms with Crippen molar-refractivity contribution < 1.29 is 9.21 Å². The maximum absolute atomic E-state index is 11.4. The molecule has 3 N–H and O–H groups in total. The molecule has 16 heavy (non-hydrogen) atoms. The third kappa shape index (κ3) is 4.98. The zero-order valence-corrected chi connectivity index (χ0v) is 9.74. The van der Waals surface area contributed by atoms with Gasteiger partial charge in [0.15, 0.2) is 0 Å². The van der Waals surface area contributed by atoms with Crippen LogP contribution in [0.3, 0.4) is 0 Å². The van der Waals surface area contributed by atoms with Crippen molar-refractivity contribution in [3.8, 4) is 0 Å². The van der Waals surface area contributed by atoms with Gasteiger partial charge >= 0.3 is 0 Å². The van der Waals surface area contributed by atoms with Gasteiger partial charge in [-0.2, -0.15) is 0 Å². The van der Waals surface area contributed by atoms with Gasteiger partial charge in [-0.3, -0.25) is 4.79 Å². The van der Waals surface area contributed by atoms with Gasteiger partial charge in [0.1, 0.15) is 5.76 Å². The molecule has 1 aromatic rings. The number of nitrogens with one attached hydrogen (secondary N) is 1. The van der Waals surface area contributed by atoms with Crippen molar-refractivity contribution in [1.82, 2.24) is 5.32 Å². The van der Waals surface area contributed by atoms with E-state index in [1.807, 2.05) is 12.1 Å². The molecular weight excluding hydrogens is 204 g/mol. The molecule has 0 radical (unpaired) electrons. The van der Waals surface area contributed by atoms with Gasteiger partial charge in [-0.15, -0.1) is 0 Å². The van der Waals surface area contributed by atoms with E-state index in [9.17, 15) is 4.79 Å². The summed E-state index contributed by atoms with van der Waals surface area (Å²) in [6.45, 7) is 2.67. The van der Waals surface area contributed by atoms with Crippen LogP contribution in [0.5, 0.6) is 0 Å². The lowest BCUT2D eigenvalue weighted by atomic mass is 10.1. The Kier molecular flexibility index (Phi) is 5.64. The van der Waals surface area contributed by atoms with Gasteiger partial charge in [0, 0.05) is 25.4 Å². The lowest BCUT2D eigenvalue weighted by Crippen LogP contribution is -2.32. The number of carbonyl (C=O) groups is 1. The first kappa shape index (κ1) is 12.8. The molecular formula is C12H20N2O2. The van der Waals surface area contributed by atoms with E-state index >= 15 is 0 Å². The van der Waals surface area contributed by atoms with Gasteiger partial charge in [0.25, 0.3) is 0 Å². The number of rotatable bonds is 7. The highest BCUT2D eigenvalue weighted by molar-refractivity contribution is 5.76. The Balaban J connectivity index is 2.10. The first-order chi connectivity index (χ1) is 7.72. The van der Waals surface area contributed by atoms with Crippen molar-refractivity contribution in [2.45, 2.75) is 38.6 Å². The topological polar surface area (TPSA) is 68.3 Å². The molecule has 4 nitrogen and oxygen atoms in total. The van der Waals surface area contributed by atoms with E-state index in [4.69, 9.17) is 10.2 Å². The maximum atomic E-state index is 11.4. The summed E-state index contributed by atoms with van der Waals surface area (Å²) in [5.41, 5.74) is 5.77. The molecule has 1 aromatic heterocycles. The minimum Gasteiger partial charge on any atom is -0.469 e. The number of nitrogens with two attached hydrogens (primary N) is 1. The highest BCUT2D eigenvalue weighted by Crippen LogP contribution is 2.00. The van der Waals surface area contributed by atoms with Crippen LogP contribution in [0.1, 0.15) is 31.9 Å². The van der Waals surface area contributed by atoms with Crippen LogP contribution in [0.4, 0.5) is 0 Å². The quantitative estimate of drug-likeness (QED) is 0.736. The second-order valence-electron chi connectivity index (χ2n) is 3.93. The fourth-order valence-electron chi connectivity index (χ4n) is 1.56. The largest absolute Gasteiger partial charge is 0.469 e. The third-order valence-corrected chi connectivity index (χ3v) is 2.38. The average molecular weight is 224 g/mol. The van der Waals surface area contributed by atoms with Crippen LogP contribution < -0.4 is 11.1 Å². The number of hydrogen-bond donors (Lipinski definition) is 2. The van der Waals surface area contributed by atoms with E-state index in [1.54, 1.807) is 6.26 Å². The van der Waals surface area contributed by atoms with Gasteiger partial charge in [0.2, 0.25) is 5.91 Å². The molecule has 0 saturated heterocycles. The lowest BCUT2D eigenvalue weighted by molar-refractivity contribution is -0.121. The molecule has 90 valence electrons. The Morgan fingerprint density at radius 3 is 3.06 bits per heavy atom. The summed E-state index contributed by atoms with van der Waals surface area (Å²) in [5.74, 6) is 0.908. The zero-order chi connectivity index (χ0) is 11.8. The molecule has 1 atom stereocenters. The van der Waals surface area contributed by atoms with Crippen LogP contribution in [0, 0.1) is 0 Å². The van der Waals surface area contributed by atoms with Crippen LogP contribution in [-0.4, -0.2) is 18.5 Å². The second-order valence-corrected chi connectivity index (χ2v) is 3.93. The molecule has 0 fully saturated rings. The molecule has 0 spiro atoms. The number of hydrogen-bond acceptors (Lipinski definition) is 3. The number of furan rings is 1. The molecule has 0 aliphatic heterocycles. The Labute approximate surface area is 96.2 Å². The molecule has 1 rings (SSSR count). The molecule has 0 saturated carbocycles. The van der Waals surface area contributed by atoms with Crippen molar-refractivity contribution in [2.75, 3.05) is 6.54 Å². The van der Waals surface area contributed by atoms with Gasteiger partial charge in [-0.25, -0.2) is 0 Å². The van der Waals surface area contributed by atoms with Crippen LogP contribution in [0.15, 0.2) is 22.8 Å². The monoisotopic (exact) mass is 224 g/mol. The summed E-state index contributed by atoms with van der Waals surface area (Å²) in [7, 11) is 0. The molecule has 1 amide bonds. The van der Waals surface area contributed by atoms with Crippen molar-refractivity contribution >= 4 is 5.91 Å². The van der Waals surface area contributed by atoms with Crippen LogP contribution in [0.25, 0.3) is 0 Å². The van der Waals surface area contributed by atoms with Gasteiger partial charge in [-0.05, 0) is 18.6 Å². The van der Waals surface area contributed by atoms with Gasteiger partial charge in [-0.1, -0.05) is 13.3 Å². The molecule has 1 heterocycles.